The molecule has 7 nitrogen and oxygen atoms in total. The Bertz CT molecular complexity index is 1130. The van der Waals surface area contributed by atoms with Crippen molar-refractivity contribution in [2.24, 2.45) is 0 Å². The number of fused-ring (bicyclic) bond motifs is 1. The molecule has 0 saturated carbocycles. The number of carbonyl (C=O) groups excluding carboxylic acids is 1. The summed E-state index contributed by atoms with van der Waals surface area (Å²) < 4.78 is 38.8. The first-order chi connectivity index (χ1) is 14.5. The highest BCUT2D eigenvalue weighted by Gasteiger charge is 2.19. The van der Waals surface area contributed by atoms with Gasteiger partial charge in [0.05, 0.1) is 17.9 Å². The Labute approximate surface area is 178 Å². The molecular formula is C21H20N2O5S2. The molecule has 0 atom stereocenters. The van der Waals surface area contributed by atoms with Crippen LogP contribution < -0.4 is 19.5 Å². The normalized spacial score (nSPS) is 12.9. The number of rotatable bonds is 7. The molecule has 9 heteroatoms. The lowest BCUT2D eigenvalue weighted by atomic mass is 10.1. The molecule has 0 bridgehead atoms. The van der Waals surface area contributed by atoms with E-state index in [9.17, 15) is 13.2 Å². The minimum Gasteiger partial charge on any atom is -0.486 e. The lowest BCUT2D eigenvalue weighted by Crippen LogP contribution is -2.24. The Morgan fingerprint density at radius 3 is 2.50 bits per heavy atom. The number of carbonyl (C=O) groups is 1. The van der Waals surface area contributed by atoms with Gasteiger partial charge in [0.25, 0.3) is 10.0 Å². The molecule has 0 spiro atoms. The van der Waals surface area contributed by atoms with Gasteiger partial charge in [0.2, 0.25) is 5.91 Å². The molecule has 3 aromatic rings. The molecule has 2 aromatic carbocycles. The molecule has 0 unspecified atom stereocenters. The second kappa shape index (κ2) is 8.76. The molecule has 1 amide bonds. The highest BCUT2D eigenvalue weighted by atomic mass is 32.2. The third-order valence-corrected chi connectivity index (χ3v) is 6.69. The van der Waals surface area contributed by atoms with Gasteiger partial charge in [-0.05, 0) is 41.3 Å². The zero-order valence-electron chi connectivity index (χ0n) is 16.0. The average Bonchev–Trinajstić information content (AvgIpc) is 3.27. The van der Waals surface area contributed by atoms with Gasteiger partial charge in [0.1, 0.15) is 13.2 Å². The number of amides is 1. The fourth-order valence-corrected chi connectivity index (χ4v) is 4.66. The van der Waals surface area contributed by atoms with Gasteiger partial charge in [-0.15, -0.1) is 11.3 Å². The Balaban J connectivity index is 1.37. The SMILES string of the molecule is O=C(Cc1ccc(NS(=O)(=O)c2ccc3c(c2)OCCO3)cc1)NCc1cccs1. The van der Waals surface area contributed by atoms with Crippen LogP contribution in [0.3, 0.4) is 0 Å². The summed E-state index contributed by atoms with van der Waals surface area (Å²) in [5.74, 6) is 0.850. The summed E-state index contributed by atoms with van der Waals surface area (Å²) in [6.45, 7) is 1.33. The Hall–Kier alpha value is -3.04. The molecule has 4 rings (SSSR count). The number of sulfonamides is 1. The third kappa shape index (κ3) is 4.92. The second-order valence-corrected chi connectivity index (χ2v) is 9.36. The van der Waals surface area contributed by atoms with Crippen LogP contribution in [0.15, 0.2) is 64.9 Å². The van der Waals surface area contributed by atoms with Gasteiger partial charge >= 0.3 is 0 Å². The average molecular weight is 445 g/mol. The van der Waals surface area contributed by atoms with E-state index in [1.54, 1.807) is 41.7 Å². The van der Waals surface area contributed by atoms with Crippen molar-refractivity contribution in [1.29, 1.82) is 0 Å². The lowest BCUT2D eigenvalue weighted by molar-refractivity contribution is -0.120. The summed E-state index contributed by atoms with van der Waals surface area (Å²) in [6.07, 6.45) is 0.223. The summed E-state index contributed by atoms with van der Waals surface area (Å²) in [7, 11) is -3.78. The van der Waals surface area contributed by atoms with Crippen LogP contribution >= 0.6 is 11.3 Å². The van der Waals surface area contributed by atoms with E-state index in [1.165, 1.54) is 12.1 Å². The van der Waals surface area contributed by atoms with Gasteiger partial charge < -0.3 is 14.8 Å². The molecule has 156 valence electrons. The first-order valence-corrected chi connectivity index (χ1v) is 11.7. The van der Waals surface area contributed by atoms with Crippen LogP contribution in [0.4, 0.5) is 5.69 Å². The molecule has 0 radical (unpaired) electrons. The van der Waals surface area contributed by atoms with Gasteiger partial charge in [-0.3, -0.25) is 9.52 Å². The van der Waals surface area contributed by atoms with Crippen LogP contribution in [0.2, 0.25) is 0 Å². The summed E-state index contributed by atoms with van der Waals surface area (Å²) >= 11 is 1.59. The van der Waals surface area contributed by atoms with Crippen LogP contribution in [0.25, 0.3) is 0 Å². The summed E-state index contributed by atoms with van der Waals surface area (Å²) in [4.78, 5) is 13.3. The minimum atomic E-state index is -3.78. The van der Waals surface area contributed by atoms with Gasteiger partial charge in [-0.25, -0.2) is 8.42 Å². The number of nitrogens with one attached hydrogen (secondary N) is 2. The fraction of sp³-hybridized carbons (Fsp3) is 0.190. The van der Waals surface area contributed by atoms with Crippen molar-refractivity contribution in [3.8, 4) is 11.5 Å². The maximum atomic E-state index is 12.7. The van der Waals surface area contributed by atoms with Gasteiger partial charge in [0, 0.05) is 16.6 Å². The fourth-order valence-electron chi connectivity index (χ4n) is 2.94. The first-order valence-electron chi connectivity index (χ1n) is 9.30. The standard InChI is InChI=1S/C21H20N2O5S2/c24-21(22-14-17-2-1-11-29-17)12-15-3-5-16(6-4-15)23-30(25,26)18-7-8-19-20(13-18)28-10-9-27-19/h1-8,11,13,23H,9-10,12,14H2,(H,22,24). The molecule has 30 heavy (non-hydrogen) atoms. The molecule has 1 aliphatic rings. The second-order valence-electron chi connectivity index (χ2n) is 6.64. The van der Waals surface area contributed by atoms with Crippen LogP contribution in [-0.4, -0.2) is 27.5 Å². The van der Waals surface area contributed by atoms with E-state index >= 15 is 0 Å². The van der Waals surface area contributed by atoms with Crippen molar-refractivity contribution in [2.75, 3.05) is 17.9 Å². The van der Waals surface area contributed by atoms with Crippen LogP contribution in [0.1, 0.15) is 10.4 Å². The molecule has 0 aliphatic carbocycles. The molecule has 2 heterocycles. The third-order valence-electron chi connectivity index (χ3n) is 4.43. The van der Waals surface area contributed by atoms with E-state index in [0.717, 1.165) is 10.4 Å². The maximum absolute atomic E-state index is 12.7. The predicted molar refractivity (Wildman–Crippen MR) is 115 cm³/mol. The van der Waals surface area contributed by atoms with Gasteiger partial charge in [-0.1, -0.05) is 18.2 Å². The van der Waals surface area contributed by atoms with E-state index < -0.39 is 10.0 Å². The van der Waals surface area contributed by atoms with Crippen molar-refractivity contribution >= 4 is 33.0 Å². The van der Waals surface area contributed by atoms with Crippen molar-refractivity contribution in [3.63, 3.8) is 0 Å². The predicted octanol–water partition coefficient (Wildman–Crippen LogP) is 3.18. The number of ether oxygens (including phenoxy) is 2. The van der Waals surface area contributed by atoms with Crippen molar-refractivity contribution in [3.05, 3.63) is 70.4 Å². The lowest BCUT2D eigenvalue weighted by Gasteiger charge is -2.19. The Kier molecular flexibility index (Phi) is 5.91. The van der Waals surface area contributed by atoms with Crippen molar-refractivity contribution in [1.82, 2.24) is 5.32 Å². The van der Waals surface area contributed by atoms with Crippen LogP contribution in [-0.2, 0) is 27.8 Å². The number of hydrogen-bond acceptors (Lipinski definition) is 6. The van der Waals surface area contributed by atoms with Crippen molar-refractivity contribution in [2.45, 2.75) is 17.9 Å². The molecule has 2 N–H and O–H groups in total. The van der Waals surface area contributed by atoms with Crippen molar-refractivity contribution < 1.29 is 22.7 Å². The number of thiophene rings is 1. The zero-order chi connectivity index (χ0) is 21.0. The van der Waals surface area contributed by atoms with E-state index in [1.807, 2.05) is 17.5 Å². The maximum Gasteiger partial charge on any atom is 0.262 e. The molecule has 0 fully saturated rings. The van der Waals surface area contributed by atoms with E-state index in [4.69, 9.17) is 9.47 Å². The van der Waals surface area contributed by atoms with E-state index in [2.05, 4.69) is 10.0 Å². The first kappa shape index (κ1) is 20.2. The summed E-state index contributed by atoms with van der Waals surface area (Å²) in [5, 5.41) is 4.84. The number of anilines is 1. The zero-order valence-corrected chi connectivity index (χ0v) is 17.6. The molecular weight excluding hydrogens is 424 g/mol. The Morgan fingerprint density at radius 2 is 1.77 bits per heavy atom. The highest BCUT2D eigenvalue weighted by molar-refractivity contribution is 7.92. The number of benzene rings is 2. The van der Waals surface area contributed by atoms with E-state index in [0.29, 0.717) is 36.9 Å². The molecule has 0 saturated heterocycles. The number of hydrogen-bond donors (Lipinski definition) is 2. The molecule has 1 aliphatic heterocycles. The van der Waals surface area contributed by atoms with Crippen LogP contribution in [0.5, 0.6) is 11.5 Å². The van der Waals surface area contributed by atoms with Gasteiger partial charge in [0.15, 0.2) is 11.5 Å². The Morgan fingerprint density at radius 1 is 1.00 bits per heavy atom. The quantitative estimate of drug-likeness (QED) is 0.584. The topological polar surface area (TPSA) is 93.7 Å². The van der Waals surface area contributed by atoms with E-state index in [-0.39, 0.29) is 17.2 Å². The highest BCUT2D eigenvalue weighted by Crippen LogP contribution is 2.32. The summed E-state index contributed by atoms with van der Waals surface area (Å²) in [5.41, 5.74) is 1.20. The summed E-state index contributed by atoms with van der Waals surface area (Å²) in [6, 6.07) is 15.1. The minimum absolute atomic E-state index is 0.0868. The van der Waals surface area contributed by atoms with Gasteiger partial charge in [-0.2, -0.15) is 0 Å². The largest absolute Gasteiger partial charge is 0.486 e. The van der Waals surface area contributed by atoms with Crippen LogP contribution in [0, 0.1) is 0 Å². The monoisotopic (exact) mass is 444 g/mol. The smallest absolute Gasteiger partial charge is 0.262 e. The molecule has 1 aromatic heterocycles.